The lowest BCUT2D eigenvalue weighted by Gasteiger charge is -2.37. The summed E-state index contributed by atoms with van der Waals surface area (Å²) in [6, 6.07) is 4.92. The van der Waals surface area contributed by atoms with Crippen molar-refractivity contribution in [1.29, 1.82) is 0 Å². The fraction of sp³-hybridized carbons (Fsp3) is 0.608. The summed E-state index contributed by atoms with van der Waals surface area (Å²) in [5.41, 5.74) is 0.952. The van der Waals surface area contributed by atoms with E-state index in [2.05, 4.69) is 38.1 Å². The lowest BCUT2D eigenvalue weighted by molar-refractivity contribution is -0.149. The standard InChI is InChI=1S/C51H74N8O11S/c1-10-32(4)46(56-42(62)28-51(7)22-14-23-57(51)8)49(67)58(9)39(31(2)3)27-40(70-34(6)60)48-55-38(30-71-48)47(66)54-37(25-33(5)50(68)69)26-35-16-18-36(19-17-35)53-43(63)29-52-41(61)15-12-11-13-24-59-44(64)20-21-45(59)65/h16-21,30-33,37,39-40,46H,10-15,22-29H2,1-9H3,(H,52,61)(H,53,63)(H,54,66)(H,56,62)(H,68,69)/t32-,33-,37+,39+,40+,46-,51+/m0/s1. The number of carboxylic acids is 1. The Hall–Kier alpha value is -6.02. The number of aliphatic carboxylic acids is 1. The quantitative estimate of drug-likeness (QED) is 0.0427. The van der Waals surface area contributed by atoms with Gasteiger partial charge < -0.3 is 40.9 Å². The number of carbonyl (C=O) groups is 9. The van der Waals surface area contributed by atoms with Crippen LogP contribution in [0.4, 0.5) is 5.69 Å². The highest BCUT2D eigenvalue weighted by molar-refractivity contribution is 7.09. The van der Waals surface area contributed by atoms with Gasteiger partial charge in [-0.3, -0.25) is 48.1 Å². The van der Waals surface area contributed by atoms with E-state index in [1.807, 2.05) is 34.7 Å². The van der Waals surface area contributed by atoms with Crippen LogP contribution < -0.4 is 21.3 Å². The Morgan fingerprint density at radius 2 is 1.61 bits per heavy atom. The number of rotatable bonds is 28. The summed E-state index contributed by atoms with van der Waals surface area (Å²) in [6.07, 6.45) is 6.74. The largest absolute Gasteiger partial charge is 0.481 e. The van der Waals surface area contributed by atoms with Crippen LogP contribution in [0.2, 0.25) is 0 Å². The lowest BCUT2D eigenvalue weighted by Crippen LogP contribution is -2.55. The maximum atomic E-state index is 14.3. The molecule has 2 aliphatic rings. The van der Waals surface area contributed by atoms with Crippen molar-refractivity contribution in [2.24, 2.45) is 17.8 Å². The molecular formula is C51H74N8O11S. The number of aromatic nitrogens is 1. The summed E-state index contributed by atoms with van der Waals surface area (Å²) in [4.78, 5) is 124. The topological polar surface area (TPSA) is 254 Å². The Morgan fingerprint density at radius 3 is 2.20 bits per heavy atom. The van der Waals surface area contributed by atoms with Crippen LogP contribution in [0, 0.1) is 17.8 Å². The number of ether oxygens (including phenoxy) is 1. The Labute approximate surface area is 421 Å². The smallest absolute Gasteiger partial charge is 0.306 e. The summed E-state index contributed by atoms with van der Waals surface area (Å²) in [7, 11) is 3.70. The van der Waals surface area contributed by atoms with E-state index in [4.69, 9.17) is 4.74 Å². The molecule has 1 saturated heterocycles. The van der Waals surface area contributed by atoms with Gasteiger partial charge in [0.05, 0.1) is 12.5 Å². The van der Waals surface area contributed by atoms with Crippen molar-refractivity contribution >= 4 is 70.3 Å². The summed E-state index contributed by atoms with van der Waals surface area (Å²) < 4.78 is 5.80. The molecule has 0 spiro atoms. The molecule has 19 nitrogen and oxygen atoms in total. The van der Waals surface area contributed by atoms with Crippen LogP contribution in [0.1, 0.15) is 140 Å². The van der Waals surface area contributed by atoms with Crippen molar-refractivity contribution in [2.45, 2.75) is 149 Å². The van der Waals surface area contributed by atoms with Crippen molar-refractivity contribution in [3.63, 3.8) is 0 Å². The van der Waals surface area contributed by atoms with Gasteiger partial charge in [-0.15, -0.1) is 11.3 Å². The number of amides is 7. The van der Waals surface area contributed by atoms with Crippen LogP contribution in [0.15, 0.2) is 41.8 Å². The van der Waals surface area contributed by atoms with Gasteiger partial charge >= 0.3 is 11.9 Å². The molecule has 390 valence electrons. The number of likely N-dealkylation sites (tertiary alicyclic amines) is 1. The number of unbranched alkanes of at least 4 members (excludes halogenated alkanes) is 2. The van der Waals surface area contributed by atoms with Crippen LogP contribution in [0.3, 0.4) is 0 Å². The molecule has 0 bridgehead atoms. The highest BCUT2D eigenvalue weighted by Crippen LogP contribution is 2.33. The molecule has 7 amide bonds. The van der Waals surface area contributed by atoms with Gasteiger partial charge in [-0.25, -0.2) is 4.98 Å². The number of benzene rings is 1. The van der Waals surface area contributed by atoms with E-state index in [0.717, 1.165) is 41.2 Å². The van der Waals surface area contributed by atoms with Crippen molar-refractivity contribution in [3.05, 3.63) is 58.1 Å². The number of esters is 1. The van der Waals surface area contributed by atoms with E-state index < -0.39 is 53.9 Å². The first-order valence-electron chi connectivity index (χ1n) is 24.6. The maximum absolute atomic E-state index is 14.3. The third-order valence-electron chi connectivity index (χ3n) is 13.6. The van der Waals surface area contributed by atoms with Crippen molar-refractivity contribution in [1.82, 2.24) is 35.6 Å². The number of carbonyl (C=O) groups excluding carboxylic acids is 8. The first-order valence-corrected chi connectivity index (χ1v) is 25.5. The number of hydrogen-bond donors (Lipinski definition) is 5. The van der Waals surface area contributed by atoms with E-state index in [-0.39, 0.29) is 97.8 Å². The number of carboxylic acid groups (broad SMARTS) is 1. The molecule has 20 heteroatoms. The Balaban J connectivity index is 1.36. The third kappa shape index (κ3) is 17.4. The predicted molar refractivity (Wildman–Crippen MR) is 268 cm³/mol. The van der Waals surface area contributed by atoms with Gasteiger partial charge in [0.1, 0.15) is 16.7 Å². The van der Waals surface area contributed by atoms with E-state index in [1.54, 1.807) is 43.1 Å². The molecule has 1 fully saturated rings. The number of nitrogens with zero attached hydrogens (tertiary/aromatic N) is 4. The van der Waals surface area contributed by atoms with E-state index >= 15 is 0 Å². The molecule has 1 aromatic heterocycles. The van der Waals surface area contributed by atoms with Crippen LogP contribution in [-0.4, -0.2) is 135 Å². The van der Waals surface area contributed by atoms with Gasteiger partial charge in [0.15, 0.2) is 6.10 Å². The molecule has 2 aliphatic heterocycles. The van der Waals surface area contributed by atoms with Gasteiger partial charge in [-0.1, -0.05) is 59.6 Å². The lowest BCUT2D eigenvalue weighted by atomic mass is 9.91. The predicted octanol–water partition coefficient (Wildman–Crippen LogP) is 5.02. The molecule has 0 saturated carbocycles. The zero-order chi connectivity index (χ0) is 52.6. The molecule has 7 atom stereocenters. The van der Waals surface area contributed by atoms with Gasteiger partial charge in [-0.05, 0) is 88.6 Å². The molecule has 3 heterocycles. The number of nitrogens with one attached hydrogen (secondary N) is 4. The number of likely N-dealkylation sites (N-methyl/N-ethyl adjacent to an activating group) is 1. The average Bonchev–Trinajstić information content (AvgIpc) is 4.03. The van der Waals surface area contributed by atoms with Crippen LogP contribution in [0.5, 0.6) is 0 Å². The molecular weight excluding hydrogens is 933 g/mol. The van der Waals surface area contributed by atoms with Gasteiger partial charge in [0, 0.05) is 80.6 Å². The number of hydrogen-bond acceptors (Lipinski definition) is 13. The highest BCUT2D eigenvalue weighted by Gasteiger charge is 2.39. The minimum atomic E-state index is -1.03. The Kier molecular flexibility index (Phi) is 21.9. The molecule has 4 rings (SSSR count). The normalized spacial score (nSPS) is 18.3. The number of anilines is 1. The minimum absolute atomic E-state index is 0.0395. The van der Waals surface area contributed by atoms with Crippen LogP contribution in [-0.2, 0) is 49.5 Å². The fourth-order valence-corrected chi connectivity index (χ4v) is 9.74. The van der Waals surface area contributed by atoms with Gasteiger partial charge in [0.25, 0.3) is 17.7 Å². The van der Waals surface area contributed by atoms with Crippen molar-refractivity contribution < 1.29 is 53.0 Å². The number of imide groups is 1. The molecule has 5 N–H and O–H groups in total. The molecule has 71 heavy (non-hydrogen) atoms. The third-order valence-corrected chi connectivity index (χ3v) is 14.6. The second-order valence-electron chi connectivity index (χ2n) is 19.6. The first-order chi connectivity index (χ1) is 33.5. The SMILES string of the molecule is CC[C@H](C)[C@H](NC(=O)C[C@@]1(C)CCCN1C)C(=O)N(C)[C@H](C[C@@H](OC(C)=O)c1nc(C(=O)N[C@@H](Cc2ccc(NC(=O)CNC(=O)CCCCCN3C(=O)C=CC3=O)cc2)C[C@H](C)C(=O)O)cs1)C(C)C. The summed E-state index contributed by atoms with van der Waals surface area (Å²) in [6.45, 7) is 13.7. The van der Waals surface area contributed by atoms with Crippen LogP contribution in [0.25, 0.3) is 0 Å². The molecule has 2 aromatic rings. The minimum Gasteiger partial charge on any atom is -0.481 e. The molecule has 0 radical (unpaired) electrons. The molecule has 1 aromatic carbocycles. The van der Waals surface area contributed by atoms with Crippen LogP contribution >= 0.6 is 11.3 Å². The van der Waals surface area contributed by atoms with E-state index in [9.17, 15) is 48.3 Å². The van der Waals surface area contributed by atoms with Gasteiger partial charge in [0.2, 0.25) is 23.6 Å². The fourth-order valence-electron chi connectivity index (χ4n) is 8.90. The second-order valence-corrected chi connectivity index (χ2v) is 20.5. The molecule has 0 unspecified atom stereocenters. The van der Waals surface area contributed by atoms with Crippen molar-refractivity contribution in [2.75, 3.05) is 39.0 Å². The Bertz CT molecular complexity index is 2230. The monoisotopic (exact) mass is 1010 g/mol. The first kappa shape index (κ1) is 57.6. The summed E-state index contributed by atoms with van der Waals surface area (Å²) in [5.74, 6) is -5.14. The Morgan fingerprint density at radius 1 is 0.930 bits per heavy atom. The van der Waals surface area contributed by atoms with Crippen molar-refractivity contribution in [3.8, 4) is 0 Å². The van der Waals surface area contributed by atoms with Gasteiger partial charge in [-0.2, -0.15) is 0 Å². The summed E-state index contributed by atoms with van der Waals surface area (Å²) in [5, 5.41) is 22.9. The average molecular weight is 1010 g/mol. The number of thiazole rings is 1. The van der Waals surface area contributed by atoms with E-state index in [1.165, 1.54) is 24.5 Å². The second kappa shape index (κ2) is 27.0. The zero-order valence-electron chi connectivity index (χ0n) is 42.7. The van der Waals surface area contributed by atoms with E-state index in [0.29, 0.717) is 36.4 Å². The zero-order valence-corrected chi connectivity index (χ0v) is 43.5. The summed E-state index contributed by atoms with van der Waals surface area (Å²) >= 11 is 1.12. The highest BCUT2D eigenvalue weighted by atomic mass is 32.1. The maximum Gasteiger partial charge on any atom is 0.306 e. The molecule has 0 aliphatic carbocycles.